The summed E-state index contributed by atoms with van der Waals surface area (Å²) in [5, 5.41) is 9.54. The number of fused-ring (bicyclic) bond motifs is 1. The molecule has 2 aliphatic heterocycles. The van der Waals surface area contributed by atoms with Crippen molar-refractivity contribution in [1.82, 2.24) is 20.4 Å². The van der Waals surface area contributed by atoms with E-state index in [4.69, 9.17) is 14.0 Å². The highest BCUT2D eigenvalue weighted by Gasteiger charge is 2.23. The predicted octanol–water partition coefficient (Wildman–Crippen LogP) is 4.72. The van der Waals surface area contributed by atoms with Crippen LogP contribution < -0.4 is 14.8 Å². The molecule has 0 aromatic carbocycles. The largest absolute Gasteiger partial charge is 0.489 e. The Bertz CT molecular complexity index is 943. The fraction of sp³-hybridized carbons (Fsp3) is 0.524. The summed E-state index contributed by atoms with van der Waals surface area (Å²) in [5.74, 6) is 2.40. The normalized spacial score (nSPS) is 19.1. The van der Waals surface area contributed by atoms with Crippen molar-refractivity contribution < 1.29 is 14.0 Å². The number of halogens is 3. The first-order chi connectivity index (χ1) is 14.3. The highest BCUT2D eigenvalue weighted by molar-refractivity contribution is 7.17. The fourth-order valence-electron chi connectivity index (χ4n) is 4.05. The second kappa shape index (κ2) is 12.8. The topological polar surface area (TPSA) is 72.7 Å². The predicted molar refractivity (Wildman–Crippen MR) is 133 cm³/mol. The molecule has 1 unspecified atom stereocenters. The Morgan fingerprint density at radius 3 is 2.78 bits per heavy atom. The van der Waals surface area contributed by atoms with Crippen molar-refractivity contribution in [2.24, 2.45) is 0 Å². The number of ether oxygens (including phenoxy) is 2. The van der Waals surface area contributed by atoms with Crippen molar-refractivity contribution in [2.75, 3.05) is 26.2 Å². The molecule has 5 heterocycles. The Hall–Kier alpha value is -1.29. The van der Waals surface area contributed by atoms with Crippen molar-refractivity contribution in [3.05, 3.63) is 35.5 Å². The average molecular weight is 524 g/mol. The molecule has 1 atom stereocenters. The minimum Gasteiger partial charge on any atom is -0.489 e. The molecule has 0 aliphatic carbocycles. The van der Waals surface area contributed by atoms with Crippen LogP contribution in [0.25, 0.3) is 10.2 Å². The van der Waals surface area contributed by atoms with Crippen LogP contribution in [0.1, 0.15) is 31.4 Å². The van der Waals surface area contributed by atoms with Gasteiger partial charge >= 0.3 is 0 Å². The van der Waals surface area contributed by atoms with Crippen LogP contribution >= 0.6 is 48.6 Å². The van der Waals surface area contributed by atoms with Crippen molar-refractivity contribution in [3.8, 4) is 11.6 Å². The third-order valence-electron chi connectivity index (χ3n) is 5.65. The van der Waals surface area contributed by atoms with Crippen LogP contribution in [0.5, 0.6) is 11.6 Å². The Labute approximate surface area is 210 Å². The Balaban J connectivity index is 0.00000121. The van der Waals surface area contributed by atoms with E-state index in [1.54, 1.807) is 11.3 Å². The molecule has 2 aliphatic rings. The Morgan fingerprint density at radius 2 is 2.00 bits per heavy atom. The molecule has 178 valence electrons. The molecule has 3 aromatic rings. The fourth-order valence-corrected chi connectivity index (χ4v) is 4.86. The van der Waals surface area contributed by atoms with Gasteiger partial charge in [-0.2, -0.15) is 0 Å². The van der Waals surface area contributed by atoms with Gasteiger partial charge in [0.15, 0.2) is 5.76 Å². The van der Waals surface area contributed by atoms with Crippen LogP contribution in [-0.2, 0) is 6.54 Å². The molecule has 0 amide bonds. The number of hydrogen-bond acceptors (Lipinski definition) is 8. The SMILES string of the molecule is Cl.Cl.Cl.c1cc(OC2CCN(Cc3cc(OCC4CCCN4)no3)CC2)c2sccc2n1. The molecule has 11 heteroatoms. The van der Waals surface area contributed by atoms with E-state index in [0.29, 0.717) is 18.5 Å². The lowest BCUT2D eigenvalue weighted by atomic mass is 10.1. The molecule has 0 radical (unpaired) electrons. The maximum atomic E-state index is 6.29. The summed E-state index contributed by atoms with van der Waals surface area (Å²) >= 11 is 1.69. The second-order valence-electron chi connectivity index (χ2n) is 7.77. The maximum absolute atomic E-state index is 6.29. The smallest absolute Gasteiger partial charge is 0.254 e. The van der Waals surface area contributed by atoms with Crippen LogP contribution in [-0.4, -0.2) is 53.4 Å². The summed E-state index contributed by atoms with van der Waals surface area (Å²) in [4.78, 5) is 6.77. The maximum Gasteiger partial charge on any atom is 0.254 e. The molecule has 0 spiro atoms. The summed E-state index contributed by atoms with van der Waals surface area (Å²) < 4.78 is 18.7. The van der Waals surface area contributed by atoms with E-state index in [-0.39, 0.29) is 43.3 Å². The van der Waals surface area contributed by atoms with Gasteiger partial charge in [-0.05, 0) is 54.9 Å². The first kappa shape index (κ1) is 27.0. The highest BCUT2D eigenvalue weighted by atomic mass is 35.5. The number of likely N-dealkylation sites (tertiary alicyclic amines) is 1. The quantitative estimate of drug-likeness (QED) is 0.480. The number of rotatable bonds is 7. The van der Waals surface area contributed by atoms with Crippen LogP contribution in [0.15, 0.2) is 34.3 Å². The van der Waals surface area contributed by atoms with Crippen LogP contribution in [0.4, 0.5) is 0 Å². The number of nitrogens with zero attached hydrogens (tertiary/aromatic N) is 3. The van der Waals surface area contributed by atoms with Crippen molar-refractivity contribution in [2.45, 2.75) is 44.4 Å². The van der Waals surface area contributed by atoms with Gasteiger partial charge < -0.3 is 19.3 Å². The number of hydrogen-bond donors (Lipinski definition) is 1. The van der Waals surface area contributed by atoms with Gasteiger partial charge in [0.25, 0.3) is 5.88 Å². The minimum atomic E-state index is 0. The van der Waals surface area contributed by atoms with E-state index in [9.17, 15) is 0 Å². The lowest BCUT2D eigenvalue weighted by Gasteiger charge is -2.31. The number of thiophene rings is 1. The summed E-state index contributed by atoms with van der Waals surface area (Å²) in [7, 11) is 0. The van der Waals surface area contributed by atoms with Gasteiger partial charge in [0.05, 0.1) is 16.8 Å². The van der Waals surface area contributed by atoms with Gasteiger partial charge in [-0.25, -0.2) is 0 Å². The zero-order valence-electron chi connectivity index (χ0n) is 17.6. The third-order valence-corrected chi connectivity index (χ3v) is 6.57. The van der Waals surface area contributed by atoms with Gasteiger partial charge in [-0.1, -0.05) is 0 Å². The molecule has 32 heavy (non-hydrogen) atoms. The summed E-state index contributed by atoms with van der Waals surface area (Å²) in [6.07, 6.45) is 6.45. The van der Waals surface area contributed by atoms with E-state index in [2.05, 4.69) is 25.7 Å². The second-order valence-corrected chi connectivity index (χ2v) is 8.69. The van der Waals surface area contributed by atoms with Gasteiger partial charge in [-0.3, -0.25) is 9.88 Å². The van der Waals surface area contributed by atoms with Crippen molar-refractivity contribution in [1.29, 1.82) is 0 Å². The first-order valence-electron chi connectivity index (χ1n) is 10.4. The Morgan fingerprint density at radius 1 is 1.16 bits per heavy atom. The zero-order chi connectivity index (χ0) is 19.5. The van der Waals surface area contributed by atoms with Crippen LogP contribution in [0.3, 0.4) is 0 Å². The van der Waals surface area contributed by atoms with E-state index in [1.165, 1.54) is 12.8 Å². The van der Waals surface area contributed by atoms with E-state index in [1.807, 2.05) is 24.4 Å². The number of pyridine rings is 1. The molecule has 0 saturated carbocycles. The average Bonchev–Trinajstić information content (AvgIpc) is 3.50. The molecule has 5 rings (SSSR count). The van der Waals surface area contributed by atoms with Crippen molar-refractivity contribution in [3.63, 3.8) is 0 Å². The molecule has 2 fully saturated rings. The lowest BCUT2D eigenvalue weighted by molar-refractivity contribution is 0.0925. The standard InChI is InChI=1S/C21H26N4O3S.3ClH/c1-2-15(22-7-1)14-26-20-12-17(28-24-20)13-25-9-4-16(5-10-25)27-19-3-8-23-18-6-11-29-21(18)19;;;/h3,6,8,11-12,15-16,22H,1-2,4-5,7,9-10,13-14H2;3*1H. The zero-order valence-corrected chi connectivity index (χ0v) is 20.9. The van der Waals surface area contributed by atoms with Gasteiger partial charge in [0.2, 0.25) is 0 Å². The molecule has 3 aromatic heterocycles. The lowest BCUT2D eigenvalue weighted by Crippen LogP contribution is -2.37. The van der Waals surface area contributed by atoms with Crippen LogP contribution in [0.2, 0.25) is 0 Å². The monoisotopic (exact) mass is 522 g/mol. The molecule has 0 bridgehead atoms. The minimum absolute atomic E-state index is 0. The van der Waals surface area contributed by atoms with Crippen molar-refractivity contribution >= 4 is 58.8 Å². The first-order valence-corrected chi connectivity index (χ1v) is 11.2. The van der Waals surface area contributed by atoms with E-state index in [0.717, 1.165) is 60.7 Å². The number of aromatic nitrogens is 2. The Kier molecular flexibility index (Phi) is 10.8. The molecular formula is C21H29Cl3N4O3S. The number of nitrogens with one attached hydrogen (secondary N) is 1. The molecule has 7 nitrogen and oxygen atoms in total. The van der Waals surface area contributed by atoms with E-state index < -0.39 is 0 Å². The third kappa shape index (κ3) is 6.62. The number of piperidine rings is 1. The highest BCUT2D eigenvalue weighted by Crippen LogP contribution is 2.31. The van der Waals surface area contributed by atoms with Gasteiger partial charge in [0, 0.05) is 31.4 Å². The summed E-state index contributed by atoms with van der Waals surface area (Å²) in [6.45, 7) is 4.45. The summed E-state index contributed by atoms with van der Waals surface area (Å²) in [6, 6.07) is 6.37. The van der Waals surface area contributed by atoms with Crippen LogP contribution in [0, 0.1) is 0 Å². The molecule has 2 saturated heterocycles. The van der Waals surface area contributed by atoms with Gasteiger partial charge in [0.1, 0.15) is 18.5 Å². The van der Waals surface area contributed by atoms with Gasteiger partial charge in [-0.15, -0.1) is 48.6 Å². The molecular weight excluding hydrogens is 495 g/mol. The molecule has 1 N–H and O–H groups in total. The van der Waals surface area contributed by atoms with E-state index >= 15 is 0 Å². The summed E-state index contributed by atoms with van der Waals surface area (Å²) in [5.41, 5.74) is 1.01.